The van der Waals surface area contributed by atoms with E-state index < -0.39 is 4.92 Å². The maximum atomic E-state index is 12.8. The Balaban J connectivity index is 1.51. The minimum Gasteiger partial charge on any atom is -0.368 e. The monoisotopic (exact) mass is 415 g/mol. The summed E-state index contributed by atoms with van der Waals surface area (Å²) >= 11 is 5.91. The molecule has 152 valence electrons. The Labute approximate surface area is 173 Å². The highest BCUT2D eigenvalue weighted by Crippen LogP contribution is 2.28. The third-order valence-electron chi connectivity index (χ3n) is 5.48. The molecular formula is C20H22ClN5O3. The van der Waals surface area contributed by atoms with Gasteiger partial charge in [0.1, 0.15) is 11.4 Å². The molecule has 0 radical (unpaired) electrons. The highest BCUT2D eigenvalue weighted by molar-refractivity contribution is 6.30. The van der Waals surface area contributed by atoms with Gasteiger partial charge in [-0.2, -0.15) is 0 Å². The second-order valence-corrected chi connectivity index (χ2v) is 7.70. The van der Waals surface area contributed by atoms with Crippen LogP contribution in [0.25, 0.3) is 0 Å². The van der Waals surface area contributed by atoms with E-state index in [1.165, 1.54) is 6.07 Å². The van der Waals surface area contributed by atoms with Gasteiger partial charge in [0.05, 0.1) is 9.95 Å². The van der Waals surface area contributed by atoms with Gasteiger partial charge in [0, 0.05) is 57.2 Å². The number of pyridine rings is 1. The molecule has 1 amide bonds. The smallest absolute Gasteiger partial charge is 0.282 e. The summed E-state index contributed by atoms with van der Waals surface area (Å²) in [5.74, 6) is 0.627. The van der Waals surface area contributed by atoms with Gasteiger partial charge < -0.3 is 14.7 Å². The molecule has 2 aromatic rings. The first-order valence-electron chi connectivity index (χ1n) is 9.72. The summed E-state index contributed by atoms with van der Waals surface area (Å²) in [4.78, 5) is 34.2. The predicted octanol–water partition coefficient (Wildman–Crippen LogP) is 3.21. The van der Waals surface area contributed by atoms with Gasteiger partial charge in [-0.05, 0) is 37.1 Å². The van der Waals surface area contributed by atoms with Gasteiger partial charge in [0.25, 0.3) is 11.6 Å². The molecule has 3 heterocycles. The minimum atomic E-state index is -0.475. The van der Waals surface area contributed by atoms with Crippen molar-refractivity contribution < 1.29 is 9.72 Å². The molecule has 9 heteroatoms. The van der Waals surface area contributed by atoms with Crippen LogP contribution in [0, 0.1) is 10.1 Å². The van der Waals surface area contributed by atoms with Crippen LogP contribution in [0.3, 0.4) is 0 Å². The predicted molar refractivity (Wildman–Crippen MR) is 112 cm³/mol. The molecule has 0 unspecified atom stereocenters. The molecule has 4 rings (SSSR count). The van der Waals surface area contributed by atoms with Crippen molar-refractivity contribution in [2.24, 2.45) is 0 Å². The normalized spacial score (nSPS) is 16.9. The van der Waals surface area contributed by atoms with E-state index in [-0.39, 0.29) is 17.2 Å². The molecule has 1 aromatic carbocycles. The van der Waals surface area contributed by atoms with Crippen LogP contribution in [0.1, 0.15) is 23.2 Å². The maximum Gasteiger partial charge on any atom is 0.282 e. The van der Waals surface area contributed by atoms with E-state index in [4.69, 9.17) is 11.6 Å². The average Bonchev–Trinajstić information content (AvgIpc) is 3.28. The highest BCUT2D eigenvalue weighted by Gasteiger charge is 2.28. The molecule has 0 bridgehead atoms. The van der Waals surface area contributed by atoms with Gasteiger partial charge in [-0.15, -0.1) is 0 Å². The molecule has 0 saturated carbocycles. The SMILES string of the molecule is O=C(c1cc(N2CCN(c3ccc(Cl)cn3)CC2)ccc1[N+](=O)[O-])N1CCCC1. The number of rotatable bonds is 4. The van der Waals surface area contributed by atoms with Crippen molar-refractivity contribution in [1.29, 1.82) is 0 Å². The molecule has 2 fully saturated rings. The van der Waals surface area contributed by atoms with Gasteiger partial charge in [0.2, 0.25) is 0 Å². The molecule has 0 spiro atoms. The first-order chi connectivity index (χ1) is 14.0. The molecule has 0 atom stereocenters. The summed E-state index contributed by atoms with van der Waals surface area (Å²) in [6.45, 7) is 4.32. The van der Waals surface area contributed by atoms with Gasteiger partial charge >= 0.3 is 0 Å². The zero-order valence-electron chi connectivity index (χ0n) is 16.0. The highest BCUT2D eigenvalue weighted by atomic mass is 35.5. The molecule has 2 aliphatic rings. The number of benzene rings is 1. The number of aromatic nitrogens is 1. The standard InChI is InChI=1S/C20H22ClN5O3/c21-15-3-6-19(22-14-15)24-11-9-23(10-12-24)16-4-5-18(26(28)29)17(13-16)20(27)25-7-1-2-8-25/h3-6,13-14H,1-2,7-12H2. The number of anilines is 2. The van der Waals surface area contributed by atoms with Gasteiger partial charge in [-0.25, -0.2) is 4.98 Å². The number of likely N-dealkylation sites (tertiary alicyclic amines) is 1. The Hall–Kier alpha value is -2.87. The summed E-state index contributed by atoms with van der Waals surface area (Å²) in [5.41, 5.74) is 0.882. The number of hydrogen-bond donors (Lipinski definition) is 0. The van der Waals surface area contributed by atoms with Crippen molar-refractivity contribution in [2.45, 2.75) is 12.8 Å². The lowest BCUT2D eigenvalue weighted by atomic mass is 10.1. The van der Waals surface area contributed by atoms with Gasteiger partial charge in [0.15, 0.2) is 0 Å². The summed E-state index contributed by atoms with van der Waals surface area (Å²) in [6.07, 6.45) is 3.52. The number of piperazine rings is 1. The van der Waals surface area contributed by atoms with Crippen molar-refractivity contribution in [1.82, 2.24) is 9.88 Å². The summed E-state index contributed by atoms with van der Waals surface area (Å²) in [5, 5.41) is 12.1. The number of carbonyl (C=O) groups excluding carboxylic acids is 1. The summed E-state index contributed by atoms with van der Waals surface area (Å²) in [7, 11) is 0. The van der Waals surface area contributed by atoms with Crippen LogP contribution in [0.2, 0.25) is 5.02 Å². The van der Waals surface area contributed by atoms with Crippen LogP contribution < -0.4 is 9.80 Å². The quantitative estimate of drug-likeness (QED) is 0.563. The van der Waals surface area contributed by atoms with Crippen LogP contribution in [0.4, 0.5) is 17.2 Å². The molecule has 0 N–H and O–H groups in total. The van der Waals surface area contributed by atoms with E-state index in [0.717, 1.165) is 50.5 Å². The minimum absolute atomic E-state index is 0.130. The van der Waals surface area contributed by atoms with Crippen molar-refractivity contribution in [3.63, 3.8) is 0 Å². The van der Waals surface area contributed by atoms with Crippen LogP contribution in [0.5, 0.6) is 0 Å². The Morgan fingerprint density at radius 2 is 1.69 bits per heavy atom. The number of amides is 1. The zero-order chi connectivity index (χ0) is 20.4. The lowest BCUT2D eigenvalue weighted by Crippen LogP contribution is -2.46. The average molecular weight is 416 g/mol. The second-order valence-electron chi connectivity index (χ2n) is 7.27. The largest absolute Gasteiger partial charge is 0.368 e. The first kappa shape index (κ1) is 19.4. The van der Waals surface area contributed by atoms with E-state index >= 15 is 0 Å². The van der Waals surface area contributed by atoms with Crippen LogP contribution in [0.15, 0.2) is 36.5 Å². The third-order valence-corrected chi connectivity index (χ3v) is 5.70. The van der Waals surface area contributed by atoms with Crippen molar-refractivity contribution >= 4 is 34.7 Å². The van der Waals surface area contributed by atoms with Crippen molar-refractivity contribution in [2.75, 3.05) is 49.1 Å². The summed E-state index contributed by atoms with van der Waals surface area (Å²) < 4.78 is 0. The van der Waals surface area contributed by atoms with Crippen LogP contribution in [-0.4, -0.2) is 60.0 Å². The van der Waals surface area contributed by atoms with E-state index in [9.17, 15) is 14.9 Å². The topological polar surface area (TPSA) is 82.8 Å². The fourth-order valence-corrected chi connectivity index (χ4v) is 4.00. The molecule has 1 aromatic heterocycles. The Kier molecular flexibility index (Phi) is 5.53. The molecule has 2 saturated heterocycles. The van der Waals surface area contributed by atoms with E-state index in [0.29, 0.717) is 18.1 Å². The maximum absolute atomic E-state index is 12.8. The number of carbonyl (C=O) groups is 1. The van der Waals surface area contributed by atoms with Crippen LogP contribution >= 0.6 is 11.6 Å². The van der Waals surface area contributed by atoms with E-state index in [2.05, 4.69) is 14.8 Å². The van der Waals surface area contributed by atoms with E-state index in [1.807, 2.05) is 12.1 Å². The third kappa shape index (κ3) is 4.12. The van der Waals surface area contributed by atoms with Crippen LogP contribution in [-0.2, 0) is 0 Å². The van der Waals surface area contributed by atoms with Gasteiger partial charge in [-0.1, -0.05) is 11.6 Å². The number of halogens is 1. The van der Waals surface area contributed by atoms with Crippen molar-refractivity contribution in [3.8, 4) is 0 Å². The number of hydrogen-bond acceptors (Lipinski definition) is 6. The first-order valence-corrected chi connectivity index (χ1v) is 10.1. The molecule has 2 aliphatic heterocycles. The Morgan fingerprint density at radius 1 is 1.00 bits per heavy atom. The van der Waals surface area contributed by atoms with E-state index in [1.54, 1.807) is 23.2 Å². The number of nitro groups is 1. The molecular weight excluding hydrogens is 394 g/mol. The van der Waals surface area contributed by atoms with Crippen molar-refractivity contribution in [3.05, 3.63) is 57.2 Å². The molecule has 8 nitrogen and oxygen atoms in total. The second kappa shape index (κ2) is 8.24. The fourth-order valence-electron chi connectivity index (χ4n) is 3.89. The zero-order valence-corrected chi connectivity index (χ0v) is 16.7. The van der Waals surface area contributed by atoms with Gasteiger partial charge in [-0.3, -0.25) is 14.9 Å². The fraction of sp³-hybridized carbons (Fsp3) is 0.400. The Bertz CT molecular complexity index is 907. The number of nitro benzene ring substituents is 1. The lowest BCUT2D eigenvalue weighted by Gasteiger charge is -2.36. The number of nitrogens with zero attached hydrogens (tertiary/aromatic N) is 5. The molecule has 0 aliphatic carbocycles. The molecule has 29 heavy (non-hydrogen) atoms. The summed E-state index contributed by atoms with van der Waals surface area (Å²) in [6, 6.07) is 8.58. The Morgan fingerprint density at radius 3 is 2.31 bits per heavy atom. The lowest BCUT2D eigenvalue weighted by molar-refractivity contribution is -0.385.